The van der Waals surface area contributed by atoms with Gasteiger partial charge >= 0.3 is 0 Å². The first-order valence-electron chi connectivity index (χ1n) is 10.2. The van der Waals surface area contributed by atoms with E-state index in [1.165, 1.54) is 40.8 Å². The maximum atomic E-state index is 4.46. The van der Waals surface area contributed by atoms with E-state index in [9.17, 15) is 0 Å². The predicted octanol–water partition coefficient (Wildman–Crippen LogP) is 6.83. The summed E-state index contributed by atoms with van der Waals surface area (Å²) in [7, 11) is 0. The Morgan fingerprint density at radius 1 is 1.00 bits per heavy atom. The molecule has 4 aromatic rings. The van der Waals surface area contributed by atoms with Crippen LogP contribution in [-0.4, -0.2) is 4.98 Å². The maximum Gasteiger partial charge on any atom is 0.108 e. The summed E-state index contributed by atoms with van der Waals surface area (Å²) in [6, 6.07) is 17.3. The van der Waals surface area contributed by atoms with E-state index in [4.69, 9.17) is 0 Å². The van der Waals surface area contributed by atoms with Crippen LogP contribution in [0.25, 0.3) is 26.9 Å². The van der Waals surface area contributed by atoms with Gasteiger partial charge in [0.05, 0.1) is 28.1 Å². The van der Waals surface area contributed by atoms with Gasteiger partial charge in [0.2, 0.25) is 0 Å². The van der Waals surface area contributed by atoms with Crippen LogP contribution in [0.3, 0.4) is 0 Å². The summed E-state index contributed by atoms with van der Waals surface area (Å²) < 4.78 is 0. The fraction of sp³-hybridized carbons (Fsp3) is 0.115. The van der Waals surface area contributed by atoms with Gasteiger partial charge < -0.3 is 5.32 Å². The Bertz CT molecular complexity index is 1340. The highest BCUT2D eigenvalue weighted by Crippen LogP contribution is 2.47. The highest BCUT2D eigenvalue weighted by molar-refractivity contribution is 7.17. The maximum absolute atomic E-state index is 4.46. The Labute approximate surface area is 180 Å². The number of thiophene rings is 1. The number of benzene rings is 2. The van der Waals surface area contributed by atoms with E-state index in [1.54, 1.807) is 11.3 Å². The molecule has 1 aliphatic carbocycles. The van der Waals surface area contributed by atoms with Crippen LogP contribution in [-0.2, 0) is 12.8 Å². The second-order valence-electron chi connectivity index (χ2n) is 7.88. The first-order chi connectivity index (χ1) is 14.7. The van der Waals surface area contributed by atoms with Crippen molar-refractivity contribution in [2.75, 3.05) is 10.2 Å². The van der Waals surface area contributed by atoms with E-state index in [2.05, 4.69) is 70.8 Å². The van der Waals surface area contributed by atoms with Gasteiger partial charge in [0.1, 0.15) is 5.82 Å². The van der Waals surface area contributed by atoms with Crippen molar-refractivity contribution >= 4 is 39.2 Å². The topological polar surface area (TPSA) is 28.2 Å². The molecule has 146 valence electrons. The molecule has 4 heteroatoms. The minimum atomic E-state index is 0.799. The summed E-state index contributed by atoms with van der Waals surface area (Å²) in [6.07, 6.45) is 7.40. The molecule has 2 aromatic carbocycles. The molecular formula is C26H21N3S. The smallest absolute Gasteiger partial charge is 0.108 e. The number of pyridine rings is 1. The van der Waals surface area contributed by atoms with Crippen molar-refractivity contribution in [3.63, 3.8) is 0 Å². The standard InChI is InChI=1S/C26H21N3S/c1-16-26-23(13-25(30-26)22-12-6-9-18-8-5-11-20(18)22)28-17(2)29(16)24-15-27-14-19-7-3-4-10-21(19)24/h3-4,6-7,9-10,12-15,28H,1-2,5,8,11H2. The number of hydrogen-bond acceptors (Lipinski definition) is 4. The third-order valence-electron chi connectivity index (χ3n) is 6.11. The third kappa shape index (κ3) is 2.54. The van der Waals surface area contributed by atoms with Crippen molar-refractivity contribution in [3.8, 4) is 10.4 Å². The molecule has 2 aromatic heterocycles. The average Bonchev–Trinajstić information content (AvgIpc) is 3.41. The van der Waals surface area contributed by atoms with E-state index in [0.717, 1.165) is 38.5 Å². The monoisotopic (exact) mass is 407 g/mol. The molecule has 6 rings (SSSR count). The summed E-state index contributed by atoms with van der Waals surface area (Å²) >= 11 is 1.80. The molecule has 1 N–H and O–H groups in total. The van der Waals surface area contributed by atoms with Crippen LogP contribution >= 0.6 is 11.3 Å². The van der Waals surface area contributed by atoms with E-state index in [1.807, 2.05) is 18.5 Å². The predicted molar refractivity (Wildman–Crippen MR) is 128 cm³/mol. The molecule has 1 aliphatic heterocycles. The molecule has 30 heavy (non-hydrogen) atoms. The van der Waals surface area contributed by atoms with Gasteiger partial charge in [0, 0.05) is 21.8 Å². The first-order valence-corrected chi connectivity index (χ1v) is 11.1. The lowest BCUT2D eigenvalue weighted by molar-refractivity contribution is 0.912. The van der Waals surface area contributed by atoms with E-state index in [-0.39, 0.29) is 0 Å². The lowest BCUT2D eigenvalue weighted by Crippen LogP contribution is -2.28. The van der Waals surface area contributed by atoms with Crippen LogP contribution in [0.5, 0.6) is 0 Å². The van der Waals surface area contributed by atoms with Crippen molar-refractivity contribution in [3.05, 3.63) is 95.9 Å². The molecule has 3 nitrogen and oxygen atoms in total. The molecular weight excluding hydrogens is 386 g/mol. The van der Waals surface area contributed by atoms with Crippen molar-refractivity contribution in [2.24, 2.45) is 0 Å². The van der Waals surface area contributed by atoms with Crippen LogP contribution in [0.15, 0.2) is 79.9 Å². The largest absolute Gasteiger partial charge is 0.341 e. The van der Waals surface area contributed by atoms with E-state index < -0.39 is 0 Å². The fourth-order valence-electron chi connectivity index (χ4n) is 4.73. The van der Waals surface area contributed by atoms with Gasteiger partial charge in [-0.05, 0) is 42.0 Å². The highest BCUT2D eigenvalue weighted by Gasteiger charge is 2.28. The molecule has 0 fully saturated rings. The number of fused-ring (bicyclic) bond motifs is 3. The van der Waals surface area contributed by atoms with Gasteiger partial charge in [-0.25, -0.2) is 0 Å². The summed E-state index contributed by atoms with van der Waals surface area (Å²) in [5.74, 6) is 0.799. The third-order valence-corrected chi connectivity index (χ3v) is 7.33. The lowest BCUT2D eigenvalue weighted by Gasteiger charge is -2.33. The number of nitrogens with one attached hydrogen (secondary N) is 1. The number of aryl methyl sites for hydroxylation is 1. The normalized spacial score (nSPS) is 15.3. The van der Waals surface area contributed by atoms with Gasteiger partial charge in [-0.15, -0.1) is 11.3 Å². The Morgan fingerprint density at radius 2 is 1.90 bits per heavy atom. The zero-order chi connectivity index (χ0) is 20.2. The van der Waals surface area contributed by atoms with Gasteiger partial charge in [-0.2, -0.15) is 0 Å². The van der Waals surface area contributed by atoms with Gasteiger partial charge in [0.25, 0.3) is 0 Å². The van der Waals surface area contributed by atoms with E-state index >= 15 is 0 Å². The molecule has 3 heterocycles. The second-order valence-corrected chi connectivity index (χ2v) is 8.94. The minimum absolute atomic E-state index is 0.799. The molecule has 0 bridgehead atoms. The van der Waals surface area contributed by atoms with Crippen molar-refractivity contribution in [1.82, 2.24) is 4.98 Å². The van der Waals surface area contributed by atoms with Gasteiger partial charge in [-0.1, -0.05) is 55.6 Å². The van der Waals surface area contributed by atoms with Gasteiger partial charge in [0.15, 0.2) is 0 Å². The quantitative estimate of drug-likeness (QED) is 0.395. The van der Waals surface area contributed by atoms with Crippen molar-refractivity contribution in [2.45, 2.75) is 19.3 Å². The van der Waals surface area contributed by atoms with E-state index in [0.29, 0.717) is 0 Å². The Hall–Kier alpha value is -3.37. The molecule has 0 saturated heterocycles. The minimum Gasteiger partial charge on any atom is -0.341 e. The summed E-state index contributed by atoms with van der Waals surface area (Å²) in [6.45, 7) is 8.76. The van der Waals surface area contributed by atoms with Crippen LogP contribution in [0.1, 0.15) is 22.4 Å². The molecule has 2 aliphatic rings. The van der Waals surface area contributed by atoms with Crippen LogP contribution < -0.4 is 10.2 Å². The number of nitrogens with zero attached hydrogens (tertiary/aromatic N) is 2. The highest BCUT2D eigenvalue weighted by atomic mass is 32.1. The number of anilines is 2. The number of rotatable bonds is 2. The Balaban J connectivity index is 1.46. The average molecular weight is 408 g/mol. The molecule has 0 atom stereocenters. The SMILES string of the molecule is C=C1Nc2cc(-c3cccc4c3CCC4)sc2C(=C)N1c1cncc2ccccc12. The Kier molecular flexibility index (Phi) is 3.83. The zero-order valence-corrected chi connectivity index (χ0v) is 17.4. The summed E-state index contributed by atoms with van der Waals surface area (Å²) in [5.41, 5.74) is 7.40. The molecule has 0 unspecified atom stereocenters. The van der Waals surface area contributed by atoms with Crippen molar-refractivity contribution < 1.29 is 0 Å². The summed E-state index contributed by atoms with van der Waals surface area (Å²) in [5, 5.41) is 5.76. The van der Waals surface area contributed by atoms with Crippen LogP contribution in [0.4, 0.5) is 11.4 Å². The first kappa shape index (κ1) is 17.5. The molecule has 0 amide bonds. The Morgan fingerprint density at radius 3 is 2.83 bits per heavy atom. The van der Waals surface area contributed by atoms with Crippen LogP contribution in [0, 0.1) is 0 Å². The van der Waals surface area contributed by atoms with Crippen LogP contribution in [0.2, 0.25) is 0 Å². The lowest BCUT2D eigenvalue weighted by atomic mass is 10.0. The number of hydrogen-bond donors (Lipinski definition) is 1. The van der Waals surface area contributed by atoms with Gasteiger partial charge in [-0.3, -0.25) is 9.88 Å². The molecule has 0 radical (unpaired) electrons. The second kappa shape index (κ2) is 6.57. The molecule has 0 spiro atoms. The fourth-order valence-corrected chi connectivity index (χ4v) is 5.85. The molecule has 0 saturated carbocycles. The zero-order valence-electron chi connectivity index (χ0n) is 16.6. The summed E-state index contributed by atoms with van der Waals surface area (Å²) in [4.78, 5) is 8.99. The van der Waals surface area contributed by atoms with Crippen molar-refractivity contribution in [1.29, 1.82) is 0 Å². The number of aromatic nitrogens is 1.